The molecule has 1 atom stereocenters. The van der Waals surface area contributed by atoms with Crippen LogP contribution < -0.4 is 14.2 Å². The largest absolute Gasteiger partial charge is 0.493 e. The Hall–Kier alpha value is -2.15. The second-order valence-electron chi connectivity index (χ2n) is 7.70. The number of halogens is 2. The first-order valence-corrected chi connectivity index (χ1v) is 10.8. The van der Waals surface area contributed by atoms with Crippen LogP contribution in [0, 0.1) is 0 Å². The zero-order valence-corrected chi connectivity index (χ0v) is 19.4. The van der Waals surface area contributed by atoms with Gasteiger partial charge in [-0.1, -0.05) is 29.3 Å². The van der Waals surface area contributed by atoms with E-state index in [0.29, 0.717) is 59.6 Å². The fraction of sp³-hybridized carbons (Fsp3) is 0.435. The molecule has 0 saturated carbocycles. The van der Waals surface area contributed by atoms with Gasteiger partial charge in [-0.3, -0.25) is 4.79 Å². The highest BCUT2D eigenvalue weighted by Crippen LogP contribution is 2.43. The third kappa shape index (κ3) is 4.86. The van der Waals surface area contributed by atoms with Crippen LogP contribution in [0.1, 0.15) is 30.4 Å². The smallest absolute Gasteiger partial charge is 0.223 e. The quantitative estimate of drug-likeness (QED) is 0.589. The normalized spacial score (nSPS) is 18.4. The number of hydrogen-bond acceptors (Lipinski definition) is 5. The van der Waals surface area contributed by atoms with Crippen LogP contribution in [0.4, 0.5) is 0 Å². The number of benzene rings is 2. The van der Waals surface area contributed by atoms with Crippen molar-refractivity contribution in [2.45, 2.75) is 31.2 Å². The summed E-state index contributed by atoms with van der Waals surface area (Å²) in [5.41, 5.74) is 1.39. The van der Waals surface area contributed by atoms with E-state index in [9.17, 15) is 9.90 Å². The molecule has 0 bridgehead atoms. The number of carbonyl (C=O) groups is 1. The van der Waals surface area contributed by atoms with Crippen LogP contribution in [0.2, 0.25) is 10.0 Å². The Kier molecular flexibility index (Phi) is 7.57. The van der Waals surface area contributed by atoms with Crippen molar-refractivity contribution in [3.05, 3.63) is 51.5 Å². The average Bonchev–Trinajstić information content (AvgIpc) is 3.09. The SMILES string of the molecule is COc1cc(CN2CC(CCCO)(c3ccc(Cl)c(Cl)c3)CC2=O)cc(OC)c1OC. The summed E-state index contributed by atoms with van der Waals surface area (Å²) >= 11 is 12.4. The van der Waals surface area contributed by atoms with Gasteiger partial charge in [-0.15, -0.1) is 0 Å². The predicted molar refractivity (Wildman–Crippen MR) is 121 cm³/mol. The highest BCUT2D eigenvalue weighted by molar-refractivity contribution is 6.42. The number of carbonyl (C=O) groups excluding carboxylic acids is 1. The van der Waals surface area contributed by atoms with Gasteiger partial charge in [0.1, 0.15) is 0 Å². The standard InChI is InChI=1S/C23H27Cl2NO5/c1-29-19-9-15(10-20(30-2)22(19)31-3)13-26-14-23(7-4-8-27,12-21(26)28)16-5-6-17(24)18(25)11-16/h5-6,9-11,27H,4,7-8,12-14H2,1-3H3. The molecule has 8 heteroatoms. The number of aliphatic hydroxyl groups is 1. The van der Waals surface area contributed by atoms with E-state index < -0.39 is 5.41 Å². The molecule has 3 rings (SSSR count). The molecule has 31 heavy (non-hydrogen) atoms. The highest BCUT2D eigenvalue weighted by Gasteiger charge is 2.44. The van der Waals surface area contributed by atoms with Crippen molar-refractivity contribution in [2.75, 3.05) is 34.5 Å². The molecule has 2 aromatic rings. The van der Waals surface area contributed by atoms with Crippen molar-refractivity contribution in [1.82, 2.24) is 4.90 Å². The Labute approximate surface area is 192 Å². The van der Waals surface area contributed by atoms with E-state index in [2.05, 4.69) is 0 Å². The maximum absolute atomic E-state index is 13.0. The molecule has 1 heterocycles. The number of rotatable bonds is 9. The van der Waals surface area contributed by atoms with Gasteiger partial charge in [-0.05, 0) is 48.2 Å². The van der Waals surface area contributed by atoms with Crippen LogP contribution in [0.15, 0.2) is 30.3 Å². The lowest BCUT2D eigenvalue weighted by Crippen LogP contribution is -2.31. The predicted octanol–water partition coefficient (Wildman–Crippen LogP) is 4.46. The van der Waals surface area contributed by atoms with E-state index in [1.807, 2.05) is 29.2 Å². The molecule has 1 aliphatic heterocycles. The number of methoxy groups -OCH3 is 3. The van der Waals surface area contributed by atoms with Crippen LogP contribution in [0.3, 0.4) is 0 Å². The van der Waals surface area contributed by atoms with Crippen molar-refractivity contribution in [1.29, 1.82) is 0 Å². The van der Waals surface area contributed by atoms with Crippen molar-refractivity contribution >= 4 is 29.1 Å². The summed E-state index contributed by atoms with van der Waals surface area (Å²) in [4.78, 5) is 14.9. The van der Waals surface area contributed by atoms with Gasteiger partial charge in [0.15, 0.2) is 11.5 Å². The van der Waals surface area contributed by atoms with Crippen LogP contribution in [-0.4, -0.2) is 50.4 Å². The molecule has 1 amide bonds. The molecule has 6 nitrogen and oxygen atoms in total. The minimum atomic E-state index is -0.436. The third-order valence-corrected chi connectivity index (χ3v) is 6.52. The maximum atomic E-state index is 13.0. The van der Waals surface area contributed by atoms with Crippen LogP contribution in [0.5, 0.6) is 17.2 Å². The lowest BCUT2D eigenvalue weighted by atomic mass is 9.76. The first-order valence-electron chi connectivity index (χ1n) is 10.0. The molecule has 0 aromatic heterocycles. The molecule has 1 aliphatic rings. The van der Waals surface area contributed by atoms with Crippen molar-refractivity contribution in [3.63, 3.8) is 0 Å². The van der Waals surface area contributed by atoms with E-state index in [0.717, 1.165) is 11.1 Å². The van der Waals surface area contributed by atoms with Gasteiger partial charge in [0.25, 0.3) is 0 Å². The van der Waals surface area contributed by atoms with Gasteiger partial charge >= 0.3 is 0 Å². The van der Waals surface area contributed by atoms with Crippen molar-refractivity contribution < 1.29 is 24.1 Å². The Morgan fingerprint density at radius 1 is 1.03 bits per heavy atom. The van der Waals surface area contributed by atoms with Crippen LogP contribution in [0.25, 0.3) is 0 Å². The van der Waals surface area contributed by atoms with Gasteiger partial charge in [0.05, 0.1) is 31.4 Å². The van der Waals surface area contributed by atoms with Gasteiger partial charge in [-0.25, -0.2) is 0 Å². The van der Waals surface area contributed by atoms with Crippen LogP contribution >= 0.6 is 23.2 Å². The zero-order valence-electron chi connectivity index (χ0n) is 17.9. The fourth-order valence-corrected chi connectivity index (χ4v) is 4.55. The van der Waals surface area contributed by atoms with E-state index in [1.165, 1.54) is 0 Å². The van der Waals surface area contributed by atoms with Crippen molar-refractivity contribution in [2.24, 2.45) is 0 Å². The molecular formula is C23H27Cl2NO5. The summed E-state index contributed by atoms with van der Waals surface area (Å²) in [5, 5.41) is 10.4. The summed E-state index contributed by atoms with van der Waals surface area (Å²) in [6.07, 6.45) is 1.60. The maximum Gasteiger partial charge on any atom is 0.223 e. The summed E-state index contributed by atoms with van der Waals surface area (Å²) in [6.45, 7) is 0.975. The lowest BCUT2D eigenvalue weighted by Gasteiger charge is -2.30. The molecule has 168 valence electrons. The number of hydrogen-bond donors (Lipinski definition) is 1. The lowest BCUT2D eigenvalue weighted by molar-refractivity contribution is -0.128. The number of aliphatic hydroxyl groups excluding tert-OH is 1. The second kappa shape index (κ2) is 9.98. The molecule has 0 aliphatic carbocycles. The molecule has 0 radical (unpaired) electrons. The number of amides is 1. The zero-order chi connectivity index (χ0) is 22.6. The molecule has 2 aromatic carbocycles. The number of ether oxygens (including phenoxy) is 3. The fourth-order valence-electron chi connectivity index (χ4n) is 4.25. The van der Waals surface area contributed by atoms with E-state index in [-0.39, 0.29) is 12.5 Å². The summed E-state index contributed by atoms with van der Waals surface area (Å²) in [5.74, 6) is 1.63. The molecule has 0 spiro atoms. The topological polar surface area (TPSA) is 68.2 Å². The van der Waals surface area contributed by atoms with Gasteiger partial charge in [0.2, 0.25) is 11.7 Å². The Bertz CT molecular complexity index is 927. The molecule has 1 saturated heterocycles. The van der Waals surface area contributed by atoms with Gasteiger partial charge in [0, 0.05) is 31.5 Å². The Balaban J connectivity index is 1.92. The first kappa shape index (κ1) is 23.5. The summed E-state index contributed by atoms with van der Waals surface area (Å²) in [7, 11) is 4.68. The van der Waals surface area contributed by atoms with Crippen molar-refractivity contribution in [3.8, 4) is 17.2 Å². The number of likely N-dealkylation sites (tertiary alicyclic amines) is 1. The minimum Gasteiger partial charge on any atom is -0.493 e. The average molecular weight is 468 g/mol. The summed E-state index contributed by atoms with van der Waals surface area (Å²) < 4.78 is 16.3. The van der Waals surface area contributed by atoms with Crippen LogP contribution in [-0.2, 0) is 16.8 Å². The molecule has 1 fully saturated rings. The first-order chi connectivity index (χ1) is 14.9. The van der Waals surface area contributed by atoms with Gasteiger partial charge < -0.3 is 24.2 Å². The van der Waals surface area contributed by atoms with E-state index in [4.69, 9.17) is 37.4 Å². The minimum absolute atomic E-state index is 0.0396. The molecule has 1 N–H and O–H groups in total. The molecule has 1 unspecified atom stereocenters. The van der Waals surface area contributed by atoms with E-state index in [1.54, 1.807) is 27.4 Å². The number of nitrogens with zero attached hydrogens (tertiary/aromatic N) is 1. The second-order valence-corrected chi connectivity index (χ2v) is 8.51. The van der Waals surface area contributed by atoms with Gasteiger partial charge in [-0.2, -0.15) is 0 Å². The Morgan fingerprint density at radius 2 is 1.71 bits per heavy atom. The third-order valence-electron chi connectivity index (χ3n) is 5.78. The highest BCUT2D eigenvalue weighted by atomic mass is 35.5. The Morgan fingerprint density at radius 3 is 2.26 bits per heavy atom. The summed E-state index contributed by atoms with van der Waals surface area (Å²) in [6, 6.07) is 9.20. The van der Waals surface area contributed by atoms with E-state index >= 15 is 0 Å². The molecular weight excluding hydrogens is 441 g/mol. The monoisotopic (exact) mass is 467 g/mol.